The second-order valence-corrected chi connectivity index (χ2v) is 6.82. The van der Waals surface area contributed by atoms with Gasteiger partial charge >= 0.3 is 0 Å². The average molecular weight is 385 g/mol. The molecule has 0 spiro atoms. The zero-order valence-electron chi connectivity index (χ0n) is 16.7. The normalized spacial score (nSPS) is 11.9. The third-order valence-electron chi connectivity index (χ3n) is 4.73. The fourth-order valence-electron chi connectivity index (χ4n) is 2.83. The van der Waals surface area contributed by atoms with Crippen molar-refractivity contribution in [1.29, 1.82) is 0 Å². The van der Waals surface area contributed by atoms with Crippen LogP contribution >= 0.6 is 0 Å². The number of amides is 2. The van der Waals surface area contributed by atoms with Gasteiger partial charge in [0.1, 0.15) is 5.82 Å². The second-order valence-electron chi connectivity index (χ2n) is 6.82. The van der Waals surface area contributed by atoms with Crippen molar-refractivity contribution in [2.24, 2.45) is 0 Å². The van der Waals surface area contributed by atoms with E-state index < -0.39 is 6.04 Å². The fourth-order valence-corrected chi connectivity index (χ4v) is 2.83. The Morgan fingerprint density at radius 1 is 1.11 bits per heavy atom. The van der Waals surface area contributed by atoms with E-state index in [2.05, 4.69) is 10.6 Å². The molecule has 0 aliphatic rings. The summed E-state index contributed by atoms with van der Waals surface area (Å²) in [6, 6.07) is 13.5. The van der Waals surface area contributed by atoms with Crippen LogP contribution in [0.4, 0.5) is 10.1 Å². The van der Waals surface area contributed by atoms with E-state index >= 15 is 0 Å². The Bertz CT molecular complexity index is 793. The molecule has 2 amide bonds. The third kappa shape index (κ3) is 6.46. The lowest BCUT2D eigenvalue weighted by atomic mass is 10.1. The highest BCUT2D eigenvalue weighted by Crippen LogP contribution is 2.15. The number of hydrogen-bond acceptors (Lipinski definition) is 3. The van der Waals surface area contributed by atoms with E-state index in [-0.39, 0.29) is 24.2 Å². The van der Waals surface area contributed by atoms with Gasteiger partial charge in [0.2, 0.25) is 11.8 Å². The number of anilines is 1. The molecule has 0 radical (unpaired) electrons. The first kappa shape index (κ1) is 21.6. The van der Waals surface area contributed by atoms with E-state index in [4.69, 9.17) is 0 Å². The van der Waals surface area contributed by atoms with Crippen LogP contribution in [0.15, 0.2) is 48.5 Å². The minimum atomic E-state index is -0.444. The predicted molar refractivity (Wildman–Crippen MR) is 110 cm³/mol. The van der Waals surface area contributed by atoms with Gasteiger partial charge in [0.25, 0.3) is 0 Å². The topological polar surface area (TPSA) is 61.4 Å². The highest BCUT2D eigenvalue weighted by atomic mass is 19.1. The summed E-state index contributed by atoms with van der Waals surface area (Å²) in [5, 5.41) is 5.77. The predicted octanol–water partition coefficient (Wildman–Crippen LogP) is 3.01. The van der Waals surface area contributed by atoms with Crippen molar-refractivity contribution in [3.8, 4) is 0 Å². The molecule has 1 atom stereocenters. The van der Waals surface area contributed by atoms with Gasteiger partial charge < -0.3 is 10.6 Å². The number of nitrogens with zero attached hydrogens (tertiary/aromatic N) is 1. The molecule has 0 aromatic heterocycles. The van der Waals surface area contributed by atoms with Crippen LogP contribution in [0.2, 0.25) is 0 Å². The van der Waals surface area contributed by atoms with Crippen molar-refractivity contribution >= 4 is 17.5 Å². The van der Waals surface area contributed by atoms with Crippen molar-refractivity contribution in [3.63, 3.8) is 0 Å². The molecule has 2 aromatic rings. The van der Waals surface area contributed by atoms with Crippen LogP contribution in [-0.2, 0) is 22.4 Å². The molecular formula is C22H28FN3O2. The van der Waals surface area contributed by atoms with Crippen molar-refractivity contribution < 1.29 is 14.0 Å². The first-order valence-corrected chi connectivity index (χ1v) is 9.50. The lowest BCUT2D eigenvalue weighted by Gasteiger charge is -2.23. The maximum atomic E-state index is 12.9. The number of halogens is 1. The Morgan fingerprint density at radius 2 is 1.79 bits per heavy atom. The Kier molecular flexibility index (Phi) is 8.14. The summed E-state index contributed by atoms with van der Waals surface area (Å²) >= 11 is 0. The first-order chi connectivity index (χ1) is 13.4. The van der Waals surface area contributed by atoms with E-state index in [0.717, 1.165) is 23.2 Å². The SMILES string of the molecule is CCc1ccccc1NC(=O)CN(C)C(C)C(=O)NCCc1ccc(F)cc1. The van der Waals surface area contributed by atoms with Crippen LogP contribution in [-0.4, -0.2) is 42.9 Å². The Hall–Kier alpha value is -2.73. The summed E-state index contributed by atoms with van der Waals surface area (Å²) < 4.78 is 12.9. The van der Waals surface area contributed by atoms with Gasteiger partial charge in [-0.2, -0.15) is 0 Å². The molecule has 2 N–H and O–H groups in total. The fraction of sp³-hybridized carbons (Fsp3) is 0.364. The van der Waals surface area contributed by atoms with Crippen LogP contribution in [0, 0.1) is 5.82 Å². The molecule has 6 heteroatoms. The number of carbonyl (C=O) groups is 2. The van der Waals surface area contributed by atoms with Gasteiger partial charge in [-0.25, -0.2) is 4.39 Å². The van der Waals surface area contributed by atoms with Crippen LogP contribution in [0.5, 0.6) is 0 Å². The summed E-state index contributed by atoms with van der Waals surface area (Å²) in [5.74, 6) is -0.580. The quantitative estimate of drug-likeness (QED) is 0.698. The number of likely N-dealkylation sites (N-methyl/N-ethyl adjacent to an activating group) is 1. The third-order valence-corrected chi connectivity index (χ3v) is 4.73. The van der Waals surface area contributed by atoms with Gasteiger partial charge in [-0.05, 0) is 56.1 Å². The molecule has 1 unspecified atom stereocenters. The Balaban J connectivity index is 1.78. The molecule has 2 rings (SSSR count). The van der Waals surface area contributed by atoms with Crippen LogP contribution in [0.25, 0.3) is 0 Å². The number of carbonyl (C=O) groups excluding carboxylic acids is 2. The summed E-state index contributed by atoms with van der Waals surface area (Å²) in [5.41, 5.74) is 2.83. The lowest BCUT2D eigenvalue weighted by molar-refractivity contribution is -0.126. The highest BCUT2D eigenvalue weighted by molar-refractivity contribution is 5.93. The molecule has 150 valence electrons. The molecule has 0 saturated carbocycles. The zero-order chi connectivity index (χ0) is 20.5. The van der Waals surface area contributed by atoms with Gasteiger partial charge in [-0.1, -0.05) is 37.3 Å². The molecule has 0 aliphatic carbocycles. The van der Waals surface area contributed by atoms with E-state index in [1.54, 1.807) is 31.0 Å². The number of rotatable bonds is 9. The summed E-state index contributed by atoms with van der Waals surface area (Å²) in [4.78, 5) is 26.4. The van der Waals surface area contributed by atoms with Crippen molar-refractivity contribution in [3.05, 3.63) is 65.5 Å². The van der Waals surface area contributed by atoms with E-state index in [0.29, 0.717) is 13.0 Å². The zero-order valence-corrected chi connectivity index (χ0v) is 16.7. The van der Waals surface area contributed by atoms with Crippen LogP contribution in [0.1, 0.15) is 25.0 Å². The lowest BCUT2D eigenvalue weighted by Crippen LogP contribution is -2.46. The maximum Gasteiger partial charge on any atom is 0.238 e. The van der Waals surface area contributed by atoms with Crippen molar-refractivity contribution in [1.82, 2.24) is 10.2 Å². The van der Waals surface area contributed by atoms with Crippen LogP contribution < -0.4 is 10.6 Å². The standard InChI is InChI=1S/C22H28FN3O2/c1-4-18-7-5-6-8-20(18)25-21(27)15-26(3)16(2)22(28)24-14-13-17-9-11-19(23)12-10-17/h5-12,16H,4,13-15H2,1-3H3,(H,24,28)(H,25,27). The number of benzene rings is 2. The minimum Gasteiger partial charge on any atom is -0.354 e. The van der Waals surface area contributed by atoms with E-state index in [1.165, 1.54) is 12.1 Å². The maximum absolute atomic E-state index is 12.9. The van der Waals surface area contributed by atoms with E-state index in [1.807, 2.05) is 31.2 Å². The average Bonchev–Trinajstić information content (AvgIpc) is 2.69. The smallest absolute Gasteiger partial charge is 0.238 e. The molecule has 28 heavy (non-hydrogen) atoms. The molecule has 0 saturated heterocycles. The largest absolute Gasteiger partial charge is 0.354 e. The van der Waals surface area contributed by atoms with E-state index in [9.17, 15) is 14.0 Å². The van der Waals surface area contributed by atoms with Gasteiger partial charge in [0.05, 0.1) is 12.6 Å². The summed E-state index contributed by atoms with van der Waals surface area (Å²) in [7, 11) is 1.75. The molecular weight excluding hydrogens is 357 g/mol. The molecule has 0 heterocycles. The second kappa shape index (κ2) is 10.6. The Morgan fingerprint density at radius 3 is 2.46 bits per heavy atom. The van der Waals surface area contributed by atoms with Gasteiger partial charge in [0.15, 0.2) is 0 Å². The van der Waals surface area contributed by atoms with Crippen molar-refractivity contribution in [2.75, 3.05) is 25.5 Å². The minimum absolute atomic E-state index is 0.116. The van der Waals surface area contributed by atoms with Gasteiger partial charge in [-0.15, -0.1) is 0 Å². The van der Waals surface area contributed by atoms with Gasteiger partial charge in [0, 0.05) is 12.2 Å². The highest BCUT2D eigenvalue weighted by Gasteiger charge is 2.20. The number of aryl methyl sites for hydroxylation is 1. The Labute approximate surface area is 165 Å². The summed E-state index contributed by atoms with van der Waals surface area (Å²) in [6.07, 6.45) is 1.45. The number of nitrogens with one attached hydrogen (secondary N) is 2. The molecule has 2 aromatic carbocycles. The number of hydrogen-bond donors (Lipinski definition) is 2. The molecule has 0 bridgehead atoms. The number of para-hydroxylation sites is 1. The van der Waals surface area contributed by atoms with Crippen molar-refractivity contribution in [2.45, 2.75) is 32.7 Å². The molecule has 0 fully saturated rings. The van der Waals surface area contributed by atoms with Gasteiger partial charge in [-0.3, -0.25) is 14.5 Å². The first-order valence-electron chi connectivity index (χ1n) is 9.50. The molecule has 5 nitrogen and oxygen atoms in total. The monoisotopic (exact) mass is 385 g/mol. The molecule has 0 aliphatic heterocycles. The van der Waals surface area contributed by atoms with Crippen LogP contribution in [0.3, 0.4) is 0 Å². The summed E-state index contributed by atoms with van der Waals surface area (Å²) in [6.45, 7) is 4.37.